The van der Waals surface area contributed by atoms with Gasteiger partial charge in [0.15, 0.2) is 0 Å². The summed E-state index contributed by atoms with van der Waals surface area (Å²) >= 11 is 0. The summed E-state index contributed by atoms with van der Waals surface area (Å²) in [6.07, 6.45) is 1.23. The molecule has 0 aliphatic rings. The average Bonchev–Trinajstić information content (AvgIpc) is 2.47. The molecule has 0 saturated carbocycles. The van der Waals surface area contributed by atoms with Crippen LogP contribution in [0.2, 0.25) is 0 Å². The summed E-state index contributed by atoms with van der Waals surface area (Å²) in [6, 6.07) is 6.58. The van der Waals surface area contributed by atoms with Crippen LogP contribution in [-0.4, -0.2) is 39.8 Å². The number of amides is 1. The van der Waals surface area contributed by atoms with E-state index in [4.69, 9.17) is 4.74 Å². The van der Waals surface area contributed by atoms with Gasteiger partial charge >= 0.3 is 0 Å². The number of hydrogen-bond donors (Lipinski definition) is 2. The SMILES string of the molecule is CCCS(=O)(=O)Nc1ccccc1C(=O)NCCCOCC. The monoisotopic (exact) mass is 328 g/mol. The fraction of sp³-hybridized carbons (Fsp3) is 0.533. The maximum Gasteiger partial charge on any atom is 0.253 e. The summed E-state index contributed by atoms with van der Waals surface area (Å²) in [4.78, 5) is 12.2. The maximum absolute atomic E-state index is 12.2. The maximum atomic E-state index is 12.2. The number of sulfonamides is 1. The van der Waals surface area contributed by atoms with Gasteiger partial charge in [0.1, 0.15) is 0 Å². The van der Waals surface area contributed by atoms with Crippen LogP contribution in [-0.2, 0) is 14.8 Å². The van der Waals surface area contributed by atoms with Crippen LogP contribution in [0.25, 0.3) is 0 Å². The Bertz CT molecular complexity index is 573. The van der Waals surface area contributed by atoms with Crippen molar-refractivity contribution in [3.05, 3.63) is 29.8 Å². The van der Waals surface area contributed by atoms with E-state index < -0.39 is 10.0 Å². The predicted molar refractivity (Wildman–Crippen MR) is 87.6 cm³/mol. The molecule has 1 rings (SSSR count). The van der Waals surface area contributed by atoms with Crippen molar-refractivity contribution in [2.75, 3.05) is 30.2 Å². The van der Waals surface area contributed by atoms with E-state index in [0.717, 1.165) is 0 Å². The van der Waals surface area contributed by atoms with E-state index in [2.05, 4.69) is 10.0 Å². The molecule has 0 radical (unpaired) electrons. The van der Waals surface area contributed by atoms with Gasteiger partial charge in [-0.25, -0.2) is 8.42 Å². The van der Waals surface area contributed by atoms with E-state index in [1.165, 1.54) is 0 Å². The molecule has 0 heterocycles. The van der Waals surface area contributed by atoms with E-state index >= 15 is 0 Å². The molecule has 1 aromatic rings. The van der Waals surface area contributed by atoms with E-state index in [0.29, 0.717) is 43.9 Å². The molecule has 2 N–H and O–H groups in total. The standard InChI is InChI=1S/C15H24N2O4S/c1-3-12-22(19,20)17-14-9-6-5-8-13(14)15(18)16-10-7-11-21-4-2/h5-6,8-9,17H,3-4,7,10-12H2,1-2H3,(H,16,18). The zero-order valence-electron chi connectivity index (χ0n) is 13.1. The molecule has 6 nitrogen and oxygen atoms in total. The lowest BCUT2D eigenvalue weighted by atomic mass is 10.1. The first-order valence-corrected chi connectivity index (χ1v) is 9.10. The van der Waals surface area contributed by atoms with E-state index in [-0.39, 0.29) is 11.7 Å². The minimum atomic E-state index is -3.42. The van der Waals surface area contributed by atoms with E-state index in [1.807, 2.05) is 6.92 Å². The lowest BCUT2D eigenvalue weighted by Crippen LogP contribution is -2.27. The van der Waals surface area contributed by atoms with E-state index in [9.17, 15) is 13.2 Å². The molecule has 0 fully saturated rings. The van der Waals surface area contributed by atoms with Crippen LogP contribution in [0.15, 0.2) is 24.3 Å². The van der Waals surface area contributed by atoms with Gasteiger partial charge in [0.05, 0.1) is 17.0 Å². The van der Waals surface area contributed by atoms with Crippen molar-refractivity contribution in [3.63, 3.8) is 0 Å². The third-order valence-electron chi connectivity index (χ3n) is 2.87. The number of nitrogens with one attached hydrogen (secondary N) is 2. The molecule has 0 saturated heterocycles. The van der Waals surface area contributed by atoms with Crippen LogP contribution in [0, 0.1) is 0 Å². The Morgan fingerprint density at radius 3 is 2.64 bits per heavy atom. The minimum absolute atomic E-state index is 0.0251. The molecular weight excluding hydrogens is 304 g/mol. The lowest BCUT2D eigenvalue weighted by Gasteiger charge is -2.12. The lowest BCUT2D eigenvalue weighted by molar-refractivity contribution is 0.0945. The molecule has 22 heavy (non-hydrogen) atoms. The van der Waals surface area contributed by atoms with Gasteiger partial charge in [0.2, 0.25) is 10.0 Å². The molecule has 1 aromatic carbocycles. The van der Waals surface area contributed by atoms with Gasteiger partial charge in [-0.2, -0.15) is 0 Å². The zero-order chi connectivity index (χ0) is 16.4. The minimum Gasteiger partial charge on any atom is -0.382 e. The number of ether oxygens (including phenoxy) is 1. The smallest absolute Gasteiger partial charge is 0.253 e. The summed E-state index contributed by atoms with van der Waals surface area (Å²) in [5, 5.41) is 2.76. The first-order valence-electron chi connectivity index (χ1n) is 7.45. The zero-order valence-corrected chi connectivity index (χ0v) is 13.9. The highest BCUT2D eigenvalue weighted by molar-refractivity contribution is 7.92. The molecule has 0 spiro atoms. The largest absolute Gasteiger partial charge is 0.382 e. The molecule has 124 valence electrons. The summed E-state index contributed by atoms with van der Waals surface area (Å²) in [5.74, 6) is -0.275. The Labute approximate surface area is 132 Å². The quantitative estimate of drug-likeness (QED) is 0.643. The molecule has 0 bridgehead atoms. The Morgan fingerprint density at radius 2 is 1.95 bits per heavy atom. The second kappa shape index (κ2) is 9.42. The summed E-state index contributed by atoms with van der Waals surface area (Å²) in [5.41, 5.74) is 0.622. The highest BCUT2D eigenvalue weighted by atomic mass is 32.2. The van der Waals surface area contributed by atoms with Crippen LogP contribution in [0.1, 0.15) is 37.0 Å². The van der Waals surface area contributed by atoms with Gasteiger partial charge in [-0.1, -0.05) is 19.1 Å². The Kier molecular flexibility index (Phi) is 7.90. The molecular formula is C15H24N2O4S. The van der Waals surface area contributed by atoms with Gasteiger partial charge in [-0.15, -0.1) is 0 Å². The van der Waals surface area contributed by atoms with Crippen molar-refractivity contribution in [1.29, 1.82) is 0 Å². The second-order valence-electron chi connectivity index (χ2n) is 4.77. The molecule has 0 aliphatic carbocycles. The van der Waals surface area contributed by atoms with Crippen LogP contribution < -0.4 is 10.0 Å². The van der Waals surface area contributed by atoms with Gasteiger partial charge in [0, 0.05) is 19.8 Å². The molecule has 1 amide bonds. The van der Waals surface area contributed by atoms with Gasteiger partial charge in [0.25, 0.3) is 5.91 Å². The fourth-order valence-corrected chi connectivity index (χ4v) is 3.03. The number of carbonyl (C=O) groups is 1. The number of benzene rings is 1. The Balaban J connectivity index is 2.68. The first-order chi connectivity index (χ1) is 10.5. The third kappa shape index (κ3) is 6.44. The van der Waals surface area contributed by atoms with E-state index in [1.54, 1.807) is 31.2 Å². The van der Waals surface area contributed by atoms with Crippen molar-refractivity contribution in [2.24, 2.45) is 0 Å². The summed E-state index contributed by atoms with van der Waals surface area (Å²) in [7, 11) is -3.42. The Hall–Kier alpha value is -1.60. The van der Waals surface area contributed by atoms with Gasteiger partial charge < -0.3 is 10.1 Å². The van der Waals surface area contributed by atoms with Crippen molar-refractivity contribution >= 4 is 21.6 Å². The summed E-state index contributed by atoms with van der Waals surface area (Å²) < 4.78 is 31.4. The topological polar surface area (TPSA) is 84.5 Å². The predicted octanol–water partition coefficient (Wildman–Crippen LogP) is 1.99. The molecule has 7 heteroatoms. The molecule has 0 aliphatic heterocycles. The molecule has 0 aromatic heterocycles. The molecule has 0 unspecified atom stereocenters. The van der Waals surface area contributed by atoms with Crippen LogP contribution in [0.3, 0.4) is 0 Å². The number of hydrogen-bond acceptors (Lipinski definition) is 4. The second-order valence-corrected chi connectivity index (χ2v) is 6.61. The number of anilines is 1. The van der Waals surface area contributed by atoms with Gasteiger partial charge in [-0.05, 0) is 31.9 Å². The number of carbonyl (C=O) groups excluding carboxylic acids is 1. The number of para-hydroxylation sites is 1. The third-order valence-corrected chi connectivity index (χ3v) is 4.34. The van der Waals surface area contributed by atoms with Crippen molar-refractivity contribution in [2.45, 2.75) is 26.7 Å². The average molecular weight is 328 g/mol. The van der Waals surface area contributed by atoms with Crippen molar-refractivity contribution in [1.82, 2.24) is 5.32 Å². The van der Waals surface area contributed by atoms with Crippen LogP contribution >= 0.6 is 0 Å². The first kappa shape index (κ1) is 18.4. The fourth-order valence-electron chi connectivity index (χ4n) is 1.87. The normalized spacial score (nSPS) is 11.2. The summed E-state index contributed by atoms with van der Waals surface area (Å²) in [6.45, 7) is 5.42. The number of rotatable bonds is 10. The molecule has 0 atom stereocenters. The van der Waals surface area contributed by atoms with Crippen LogP contribution in [0.4, 0.5) is 5.69 Å². The van der Waals surface area contributed by atoms with Crippen molar-refractivity contribution in [3.8, 4) is 0 Å². The highest BCUT2D eigenvalue weighted by Gasteiger charge is 2.15. The van der Waals surface area contributed by atoms with Gasteiger partial charge in [-0.3, -0.25) is 9.52 Å². The van der Waals surface area contributed by atoms with Crippen molar-refractivity contribution < 1.29 is 17.9 Å². The van der Waals surface area contributed by atoms with Crippen LogP contribution in [0.5, 0.6) is 0 Å². The Morgan fingerprint density at radius 1 is 1.23 bits per heavy atom. The highest BCUT2D eigenvalue weighted by Crippen LogP contribution is 2.16.